The van der Waals surface area contributed by atoms with Gasteiger partial charge in [-0.25, -0.2) is 4.79 Å². The first-order valence-electron chi connectivity index (χ1n) is 2.75. The van der Waals surface area contributed by atoms with Gasteiger partial charge in [0.2, 0.25) is 0 Å². The third kappa shape index (κ3) is 6.29. The van der Waals surface area contributed by atoms with Crippen LogP contribution in [0.5, 0.6) is 0 Å². The molecule has 11 heavy (non-hydrogen) atoms. The zero-order valence-electron chi connectivity index (χ0n) is 5.92. The Morgan fingerprint density at radius 2 is 2.00 bits per heavy atom. The first-order valence-corrected chi connectivity index (χ1v) is 2.75. The molecule has 0 aliphatic heterocycles. The van der Waals surface area contributed by atoms with E-state index in [0.717, 1.165) is 6.92 Å². The number of amides is 3. The van der Waals surface area contributed by atoms with E-state index in [1.807, 2.05) is 0 Å². The minimum atomic E-state index is -0.970. The summed E-state index contributed by atoms with van der Waals surface area (Å²) in [7, 11) is 0. The number of carbonyl (C=O) groups excluding carboxylic acids is 3. The second kappa shape index (κ2) is 4.26. The smallest absolute Gasteiger partial charge is 0.318 e. The molecular formula is C5H8N2O4. The number of nitrogens with one attached hydrogen (secondary N) is 1. The minimum Gasteiger partial charge on any atom is -0.456 e. The summed E-state index contributed by atoms with van der Waals surface area (Å²) in [6, 6.07) is -0.970. The summed E-state index contributed by atoms with van der Waals surface area (Å²) >= 11 is 0. The zero-order chi connectivity index (χ0) is 8.85. The summed E-state index contributed by atoms with van der Waals surface area (Å²) in [6.45, 7) is 0.663. The highest BCUT2D eigenvalue weighted by Crippen LogP contribution is 1.75. The fraction of sp³-hybridized carbons (Fsp3) is 0.400. The van der Waals surface area contributed by atoms with Crippen molar-refractivity contribution in [1.29, 1.82) is 0 Å². The summed E-state index contributed by atoms with van der Waals surface area (Å²) < 4.78 is 4.25. The molecule has 0 aromatic rings. The molecule has 0 saturated carbocycles. The molecule has 0 unspecified atom stereocenters. The van der Waals surface area contributed by atoms with Gasteiger partial charge in [0.1, 0.15) is 0 Å². The van der Waals surface area contributed by atoms with Crippen LogP contribution in [0.3, 0.4) is 0 Å². The van der Waals surface area contributed by atoms with Crippen molar-refractivity contribution in [2.45, 2.75) is 6.92 Å². The van der Waals surface area contributed by atoms with Crippen molar-refractivity contribution in [3.63, 3.8) is 0 Å². The average Bonchev–Trinajstić information content (AvgIpc) is 1.82. The molecular weight excluding hydrogens is 152 g/mol. The highest BCUT2D eigenvalue weighted by atomic mass is 16.5. The molecule has 0 rings (SSSR count). The van der Waals surface area contributed by atoms with E-state index in [1.54, 1.807) is 5.32 Å². The van der Waals surface area contributed by atoms with Crippen LogP contribution in [0.25, 0.3) is 0 Å². The number of primary amides is 1. The SMILES string of the molecule is CC(=O)OCC(=O)NC(N)=O. The van der Waals surface area contributed by atoms with Crippen molar-refractivity contribution in [2.75, 3.05) is 6.61 Å². The molecule has 0 heterocycles. The Hall–Kier alpha value is -1.59. The Morgan fingerprint density at radius 1 is 1.45 bits per heavy atom. The quantitative estimate of drug-likeness (QED) is 0.493. The minimum absolute atomic E-state index is 0.488. The third-order valence-corrected chi connectivity index (χ3v) is 0.669. The molecule has 0 saturated heterocycles. The van der Waals surface area contributed by atoms with E-state index in [1.165, 1.54) is 0 Å². The first-order chi connectivity index (χ1) is 5.02. The second-order valence-electron chi connectivity index (χ2n) is 1.69. The monoisotopic (exact) mass is 160 g/mol. The van der Waals surface area contributed by atoms with Gasteiger partial charge < -0.3 is 10.5 Å². The molecule has 0 atom stereocenters. The predicted molar refractivity (Wildman–Crippen MR) is 34.4 cm³/mol. The molecule has 6 heteroatoms. The van der Waals surface area contributed by atoms with E-state index in [4.69, 9.17) is 0 Å². The normalized spacial score (nSPS) is 8.45. The number of hydrogen-bond donors (Lipinski definition) is 2. The van der Waals surface area contributed by atoms with Gasteiger partial charge in [-0.3, -0.25) is 14.9 Å². The Morgan fingerprint density at radius 3 is 2.36 bits per heavy atom. The van der Waals surface area contributed by atoms with E-state index in [-0.39, 0.29) is 0 Å². The molecule has 3 N–H and O–H groups in total. The fourth-order valence-electron chi connectivity index (χ4n) is 0.341. The van der Waals surface area contributed by atoms with Crippen molar-refractivity contribution < 1.29 is 19.1 Å². The topological polar surface area (TPSA) is 98.5 Å². The first kappa shape index (κ1) is 9.41. The number of urea groups is 1. The van der Waals surface area contributed by atoms with E-state index in [2.05, 4.69) is 10.5 Å². The Labute approximate surface area is 62.7 Å². The predicted octanol–water partition coefficient (Wildman–Crippen LogP) is -1.26. The van der Waals surface area contributed by atoms with Gasteiger partial charge in [-0.05, 0) is 0 Å². The van der Waals surface area contributed by atoms with Crippen molar-refractivity contribution in [3.05, 3.63) is 0 Å². The van der Waals surface area contributed by atoms with Crippen LogP contribution in [0.1, 0.15) is 6.92 Å². The van der Waals surface area contributed by atoms with Crippen LogP contribution in [0.15, 0.2) is 0 Å². The van der Waals surface area contributed by atoms with Gasteiger partial charge in [0.15, 0.2) is 6.61 Å². The lowest BCUT2D eigenvalue weighted by Crippen LogP contribution is -2.37. The van der Waals surface area contributed by atoms with E-state index in [9.17, 15) is 14.4 Å². The zero-order valence-corrected chi connectivity index (χ0v) is 5.92. The van der Waals surface area contributed by atoms with E-state index < -0.39 is 24.5 Å². The molecule has 0 aliphatic rings. The second-order valence-corrected chi connectivity index (χ2v) is 1.69. The highest BCUT2D eigenvalue weighted by molar-refractivity contribution is 5.94. The van der Waals surface area contributed by atoms with Gasteiger partial charge in [0.05, 0.1) is 0 Å². The summed E-state index contributed by atoms with van der Waals surface area (Å²) in [4.78, 5) is 30.6. The Bertz CT molecular complexity index is 189. The van der Waals surface area contributed by atoms with Crippen LogP contribution in [0, 0.1) is 0 Å². The van der Waals surface area contributed by atoms with Gasteiger partial charge in [0.25, 0.3) is 5.91 Å². The van der Waals surface area contributed by atoms with Gasteiger partial charge in [-0.1, -0.05) is 0 Å². The van der Waals surface area contributed by atoms with Crippen molar-refractivity contribution in [2.24, 2.45) is 5.73 Å². The largest absolute Gasteiger partial charge is 0.456 e. The average molecular weight is 160 g/mol. The van der Waals surface area contributed by atoms with Crippen LogP contribution in [0.4, 0.5) is 4.79 Å². The van der Waals surface area contributed by atoms with Gasteiger partial charge in [-0.15, -0.1) is 0 Å². The molecule has 0 aromatic carbocycles. The maximum atomic E-state index is 10.5. The molecule has 3 amide bonds. The Kier molecular flexibility index (Phi) is 3.65. The molecule has 0 bridgehead atoms. The molecule has 6 nitrogen and oxygen atoms in total. The van der Waals surface area contributed by atoms with Gasteiger partial charge in [-0.2, -0.15) is 0 Å². The number of ether oxygens (including phenoxy) is 1. The maximum absolute atomic E-state index is 10.5. The van der Waals surface area contributed by atoms with Crippen LogP contribution in [-0.4, -0.2) is 24.5 Å². The maximum Gasteiger partial charge on any atom is 0.318 e. The Balaban J connectivity index is 3.53. The lowest BCUT2D eigenvalue weighted by Gasteiger charge is -1.99. The molecule has 0 aliphatic carbocycles. The lowest BCUT2D eigenvalue weighted by atomic mass is 10.6. The van der Waals surface area contributed by atoms with E-state index in [0.29, 0.717) is 0 Å². The lowest BCUT2D eigenvalue weighted by molar-refractivity contribution is -0.146. The van der Waals surface area contributed by atoms with Crippen LogP contribution < -0.4 is 11.1 Å². The molecule has 0 radical (unpaired) electrons. The number of carbonyl (C=O) groups is 3. The molecule has 62 valence electrons. The van der Waals surface area contributed by atoms with Crippen LogP contribution in [0.2, 0.25) is 0 Å². The van der Waals surface area contributed by atoms with Gasteiger partial charge in [0, 0.05) is 6.92 Å². The highest BCUT2D eigenvalue weighted by Gasteiger charge is 2.04. The van der Waals surface area contributed by atoms with Crippen LogP contribution >= 0.6 is 0 Å². The number of esters is 1. The summed E-state index contributed by atoms with van der Waals surface area (Å²) in [5, 5.41) is 1.72. The summed E-state index contributed by atoms with van der Waals surface area (Å²) in [5.41, 5.74) is 4.59. The standard InChI is InChI=1S/C5H8N2O4/c1-3(8)11-2-4(9)7-5(6)10/h2H2,1H3,(H3,6,7,9,10). The number of rotatable bonds is 2. The summed E-state index contributed by atoms with van der Waals surface area (Å²) in [6.07, 6.45) is 0. The van der Waals surface area contributed by atoms with Crippen molar-refractivity contribution in [1.82, 2.24) is 5.32 Å². The van der Waals surface area contributed by atoms with Gasteiger partial charge >= 0.3 is 12.0 Å². The van der Waals surface area contributed by atoms with E-state index >= 15 is 0 Å². The number of hydrogen-bond acceptors (Lipinski definition) is 4. The molecule has 0 fully saturated rings. The van der Waals surface area contributed by atoms with Crippen molar-refractivity contribution >= 4 is 17.9 Å². The third-order valence-electron chi connectivity index (χ3n) is 0.669. The number of imide groups is 1. The van der Waals surface area contributed by atoms with Crippen molar-refractivity contribution in [3.8, 4) is 0 Å². The van der Waals surface area contributed by atoms with Crippen LogP contribution in [-0.2, 0) is 14.3 Å². The fourth-order valence-corrected chi connectivity index (χ4v) is 0.341. The molecule has 0 spiro atoms. The summed E-state index contributed by atoms with van der Waals surface area (Å²) in [5.74, 6) is -1.34. The molecule has 0 aromatic heterocycles. The number of nitrogens with two attached hydrogens (primary N) is 1.